The van der Waals surface area contributed by atoms with Gasteiger partial charge in [-0.2, -0.15) is 5.26 Å². The van der Waals surface area contributed by atoms with Gasteiger partial charge in [0.25, 0.3) is 0 Å². The average Bonchev–Trinajstić information content (AvgIpc) is 2.37. The second-order valence-electron chi connectivity index (χ2n) is 4.18. The van der Waals surface area contributed by atoms with Crippen molar-refractivity contribution in [1.82, 2.24) is 4.90 Å². The van der Waals surface area contributed by atoms with Crippen molar-refractivity contribution in [3.63, 3.8) is 0 Å². The summed E-state index contributed by atoms with van der Waals surface area (Å²) >= 11 is 0. The van der Waals surface area contributed by atoms with Crippen LogP contribution in [-0.4, -0.2) is 36.3 Å². The molecular formula is C13H13N3O2. The summed E-state index contributed by atoms with van der Waals surface area (Å²) in [5.74, 6) is -1.18. The zero-order valence-electron chi connectivity index (χ0n) is 10.1. The minimum Gasteiger partial charge on any atom is -0.319 e. The van der Waals surface area contributed by atoms with Gasteiger partial charge >= 0.3 is 11.8 Å². The van der Waals surface area contributed by atoms with Crippen molar-refractivity contribution < 1.29 is 9.59 Å². The summed E-state index contributed by atoms with van der Waals surface area (Å²) in [4.78, 5) is 26.4. The van der Waals surface area contributed by atoms with Gasteiger partial charge in [-0.1, -0.05) is 17.7 Å². The van der Waals surface area contributed by atoms with E-state index in [1.165, 1.54) is 9.80 Å². The minimum absolute atomic E-state index is 0.0354. The van der Waals surface area contributed by atoms with Gasteiger partial charge < -0.3 is 9.80 Å². The van der Waals surface area contributed by atoms with Crippen molar-refractivity contribution >= 4 is 17.5 Å². The van der Waals surface area contributed by atoms with Crippen molar-refractivity contribution in [2.24, 2.45) is 0 Å². The van der Waals surface area contributed by atoms with E-state index in [-0.39, 0.29) is 6.54 Å². The Labute approximate surface area is 105 Å². The van der Waals surface area contributed by atoms with Gasteiger partial charge in [-0.25, -0.2) is 0 Å². The normalized spacial score (nSPS) is 15.8. The number of hydrogen-bond acceptors (Lipinski definition) is 3. The van der Waals surface area contributed by atoms with Crippen molar-refractivity contribution in [3.8, 4) is 6.07 Å². The Kier molecular flexibility index (Phi) is 3.28. The first kappa shape index (κ1) is 12.1. The predicted molar refractivity (Wildman–Crippen MR) is 65.7 cm³/mol. The van der Waals surface area contributed by atoms with E-state index in [2.05, 4.69) is 0 Å². The topological polar surface area (TPSA) is 64.4 Å². The number of aryl methyl sites for hydroxylation is 1. The lowest BCUT2D eigenvalue weighted by atomic mass is 10.2. The van der Waals surface area contributed by atoms with E-state index in [0.717, 1.165) is 11.3 Å². The van der Waals surface area contributed by atoms with Gasteiger partial charge in [0, 0.05) is 18.8 Å². The molecule has 18 heavy (non-hydrogen) atoms. The molecule has 2 rings (SSSR count). The second-order valence-corrected chi connectivity index (χ2v) is 4.18. The van der Waals surface area contributed by atoms with E-state index in [1.807, 2.05) is 37.3 Å². The maximum absolute atomic E-state index is 11.9. The van der Waals surface area contributed by atoms with Gasteiger partial charge in [0.1, 0.15) is 6.54 Å². The Morgan fingerprint density at radius 1 is 1.17 bits per heavy atom. The smallest absolute Gasteiger partial charge is 0.316 e. The number of rotatable bonds is 2. The molecule has 0 N–H and O–H groups in total. The third-order valence-electron chi connectivity index (χ3n) is 2.92. The molecule has 0 spiro atoms. The van der Waals surface area contributed by atoms with Crippen LogP contribution in [0.1, 0.15) is 5.56 Å². The van der Waals surface area contributed by atoms with E-state index in [4.69, 9.17) is 5.26 Å². The highest BCUT2D eigenvalue weighted by atomic mass is 16.2. The Morgan fingerprint density at radius 2 is 1.83 bits per heavy atom. The van der Waals surface area contributed by atoms with Crippen LogP contribution in [0.5, 0.6) is 0 Å². The fraction of sp³-hybridized carbons (Fsp3) is 0.308. The van der Waals surface area contributed by atoms with E-state index >= 15 is 0 Å². The summed E-state index contributed by atoms with van der Waals surface area (Å²) in [6, 6.07) is 9.32. The quantitative estimate of drug-likeness (QED) is 0.567. The summed E-state index contributed by atoms with van der Waals surface area (Å²) < 4.78 is 0. The van der Waals surface area contributed by atoms with Gasteiger partial charge in [0.2, 0.25) is 0 Å². The summed E-state index contributed by atoms with van der Waals surface area (Å²) in [5.41, 5.74) is 1.82. The Bertz CT molecular complexity index is 516. The number of anilines is 1. The van der Waals surface area contributed by atoms with Crippen LogP contribution in [0.25, 0.3) is 0 Å². The number of carbonyl (C=O) groups excluding carboxylic acids is 2. The van der Waals surface area contributed by atoms with E-state index in [0.29, 0.717) is 13.1 Å². The van der Waals surface area contributed by atoms with Crippen LogP contribution in [0.3, 0.4) is 0 Å². The largest absolute Gasteiger partial charge is 0.319 e. The van der Waals surface area contributed by atoms with E-state index in [9.17, 15) is 9.59 Å². The number of piperazine rings is 1. The Balaban J connectivity index is 2.18. The fourth-order valence-corrected chi connectivity index (χ4v) is 1.88. The molecule has 0 radical (unpaired) electrons. The van der Waals surface area contributed by atoms with Crippen LogP contribution in [0.2, 0.25) is 0 Å². The fourth-order valence-electron chi connectivity index (χ4n) is 1.88. The molecule has 0 unspecified atom stereocenters. The van der Waals surface area contributed by atoms with Crippen LogP contribution in [0, 0.1) is 18.3 Å². The molecule has 2 amide bonds. The lowest BCUT2D eigenvalue weighted by Gasteiger charge is -2.32. The molecule has 1 heterocycles. The highest BCUT2D eigenvalue weighted by Gasteiger charge is 2.32. The highest BCUT2D eigenvalue weighted by molar-refractivity contribution is 6.41. The van der Waals surface area contributed by atoms with Crippen molar-refractivity contribution in [2.45, 2.75) is 6.92 Å². The zero-order chi connectivity index (χ0) is 13.1. The number of hydrogen-bond donors (Lipinski definition) is 0. The summed E-state index contributed by atoms with van der Waals surface area (Å²) in [5, 5.41) is 8.57. The third-order valence-corrected chi connectivity index (χ3v) is 2.92. The Morgan fingerprint density at radius 3 is 2.44 bits per heavy atom. The lowest BCUT2D eigenvalue weighted by Crippen LogP contribution is -2.54. The molecule has 0 atom stereocenters. The highest BCUT2D eigenvalue weighted by Crippen LogP contribution is 2.18. The molecular weight excluding hydrogens is 230 g/mol. The average molecular weight is 243 g/mol. The molecule has 92 valence electrons. The van der Waals surface area contributed by atoms with Crippen molar-refractivity contribution in [1.29, 1.82) is 5.26 Å². The molecule has 5 heteroatoms. The van der Waals surface area contributed by atoms with E-state index in [1.54, 1.807) is 0 Å². The standard InChI is InChI=1S/C13H13N3O2/c1-10-2-4-11(5-3-10)16-9-8-15(7-6-14)12(17)13(16)18/h2-5H,7-9H2,1H3. The van der Waals surface area contributed by atoms with Crippen LogP contribution in [0.4, 0.5) is 5.69 Å². The number of carbonyl (C=O) groups is 2. The number of nitrogens with zero attached hydrogens (tertiary/aromatic N) is 3. The van der Waals surface area contributed by atoms with E-state index < -0.39 is 11.8 Å². The van der Waals surface area contributed by atoms with Gasteiger partial charge in [-0.3, -0.25) is 9.59 Å². The number of amides is 2. The van der Waals surface area contributed by atoms with Crippen LogP contribution < -0.4 is 4.90 Å². The van der Waals surface area contributed by atoms with Crippen molar-refractivity contribution in [3.05, 3.63) is 29.8 Å². The first-order valence-corrected chi connectivity index (χ1v) is 5.68. The monoisotopic (exact) mass is 243 g/mol. The van der Waals surface area contributed by atoms with Crippen LogP contribution in [0.15, 0.2) is 24.3 Å². The predicted octanol–water partition coefficient (Wildman–Crippen LogP) is 0.694. The SMILES string of the molecule is Cc1ccc(N2CCN(CC#N)C(=O)C2=O)cc1. The zero-order valence-corrected chi connectivity index (χ0v) is 10.1. The summed E-state index contributed by atoms with van der Waals surface area (Å²) in [7, 11) is 0. The molecule has 1 aliphatic rings. The van der Waals surface area contributed by atoms with Crippen LogP contribution in [-0.2, 0) is 9.59 Å². The van der Waals surface area contributed by atoms with Gasteiger partial charge in [0.05, 0.1) is 6.07 Å². The first-order valence-electron chi connectivity index (χ1n) is 5.68. The molecule has 5 nitrogen and oxygen atoms in total. The second kappa shape index (κ2) is 4.88. The maximum atomic E-state index is 11.9. The van der Waals surface area contributed by atoms with Gasteiger partial charge in [0.15, 0.2) is 0 Å². The molecule has 1 aromatic rings. The minimum atomic E-state index is -0.608. The molecule has 1 saturated heterocycles. The molecule has 0 aromatic heterocycles. The third kappa shape index (κ3) is 2.18. The summed E-state index contributed by atoms with van der Waals surface area (Å²) in [6.07, 6.45) is 0. The molecule has 0 bridgehead atoms. The van der Waals surface area contributed by atoms with Crippen LogP contribution >= 0.6 is 0 Å². The number of nitriles is 1. The molecule has 1 aromatic carbocycles. The Hall–Kier alpha value is -2.35. The lowest BCUT2D eigenvalue weighted by molar-refractivity contribution is -0.145. The summed E-state index contributed by atoms with van der Waals surface area (Å²) in [6.45, 7) is 2.75. The number of benzene rings is 1. The van der Waals surface area contributed by atoms with Gasteiger partial charge in [-0.05, 0) is 19.1 Å². The first-order chi connectivity index (χ1) is 8.63. The molecule has 0 saturated carbocycles. The van der Waals surface area contributed by atoms with Gasteiger partial charge in [-0.15, -0.1) is 0 Å². The van der Waals surface area contributed by atoms with Crippen molar-refractivity contribution in [2.75, 3.05) is 24.5 Å². The molecule has 0 aliphatic carbocycles. The molecule has 1 fully saturated rings. The maximum Gasteiger partial charge on any atom is 0.316 e. The molecule has 1 aliphatic heterocycles.